The Morgan fingerprint density at radius 1 is 1.09 bits per heavy atom. The van der Waals surface area contributed by atoms with Crippen molar-refractivity contribution in [3.63, 3.8) is 0 Å². The number of ether oxygens (including phenoxy) is 1. The van der Waals surface area contributed by atoms with Crippen LogP contribution in [0.5, 0.6) is 0 Å². The van der Waals surface area contributed by atoms with E-state index in [9.17, 15) is 9.90 Å². The molecule has 0 amide bonds. The number of aliphatic hydroxyl groups excluding tert-OH is 1. The lowest BCUT2D eigenvalue weighted by atomic mass is 9.96. The van der Waals surface area contributed by atoms with Crippen LogP contribution in [0, 0.1) is 5.92 Å². The van der Waals surface area contributed by atoms with Gasteiger partial charge < -0.3 is 15.6 Å². The summed E-state index contributed by atoms with van der Waals surface area (Å²) in [6.45, 7) is 3.88. The molecule has 0 aliphatic carbocycles. The minimum absolute atomic E-state index is 0.0972. The van der Waals surface area contributed by atoms with E-state index in [-0.39, 0.29) is 18.5 Å². The molecular formula is C19H23NO3. The van der Waals surface area contributed by atoms with Crippen LogP contribution in [0.2, 0.25) is 0 Å². The van der Waals surface area contributed by atoms with Crippen molar-refractivity contribution < 1.29 is 14.6 Å². The molecule has 0 aliphatic rings. The van der Waals surface area contributed by atoms with E-state index in [2.05, 4.69) is 0 Å². The summed E-state index contributed by atoms with van der Waals surface area (Å²) in [5.41, 5.74) is 9.05. The van der Waals surface area contributed by atoms with Gasteiger partial charge in [0.05, 0.1) is 12.5 Å². The topological polar surface area (TPSA) is 72.5 Å². The summed E-state index contributed by atoms with van der Waals surface area (Å²) in [6, 6.07) is 15.2. The lowest BCUT2D eigenvalue weighted by Crippen LogP contribution is -2.17. The Bertz CT molecular complexity index is 653. The van der Waals surface area contributed by atoms with Gasteiger partial charge in [0.2, 0.25) is 0 Å². The molecule has 4 nitrogen and oxygen atoms in total. The number of nitrogens with two attached hydrogens (primary N) is 1. The van der Waals surface area contributed by atoms with Crippen LogP contribution in [-0.4, -0.2) is 11.1 Å². The van der Waals surface area contributed by atoms with Crippen LogP contribution < -0.4 is 5.73 Å². The number of hydrogen-bond donors (Lipinski definition) is 2. The van der Waals surface area contributed by atoms with Gasteiger partial charge in [-0.3, -0.25) is 4.79 Å². The van der Waals surface area contributed by atoms with E-state index in [4.69, 9.17) is 10.5 Å². The Kier molecular flexibility index (Phi) is 5.90. The maximum absolute atomic E-state index is 12.1. The summed E-state index contributed by atoms with van der Waals surface area (Å²) in [6.07, 6.45) is -0.497. The van der Waals surface area contributed by atoms with Gasteiger partial charge in [0.1, 0.15) is 0 Å². The molecule has 2 rings (SSSR count). The van der Waals surface area contributed by atoms with E-state index in [1.165, 1.54) is 0 Å². The second-order valence-electron chi connectivity index (χ2n) is 5.77. The highest BCUT2D eigenvalue weighted by Crippen LogP contribution is 2.28. The number of benzene rings is 2. The van der Waals surface area contributed by atoms with Crippen molar-refractivity contribution in [3.8, 4) is 0 Å². The third-order valence-corrected chi connectivity index (χ3v) is 3.73. The van der Waals surface area contributed by atoms with Crippen LogP contribution in [0.15, 0.2) is 48.5 Å². The number of hydrogen-bond acceptors (Lipinski definition) is 4. The van der Waals surface area contributed by atoms with Gasteiger partial charge in [-0.15, -0.1) is 0 Å². The highest BCUT2D eigenvalue weighted by Gasteiger charge is 2.21. The normalized spacial score (nSPS) is 12.2. The third-order valence-electron chi connectivity index (χ3n) is 3.73. The number of esters is 1. The zero-order valence-electron chi connectivity index (χ0n) is 13.5. The fourth-order valence-electron chi connectivity index (χ4n) is 2.36. The Morgan fingerprint density at radius 2 is 1.78 bits per heavy atom. The van der Waals surface area contributed by atoms with Crippen molar-refractivity contribution in [3.05, 3.63) is 70.8 Å². The van der Waals surface area contributed by atoms with Crippen LogP contribution in [0.3, 0.4) is 0 Å². The van der Waals surface area contributed by atoms with Crippen LogP contribution in [0.1, 0.15) is 42.2 Å². The Morgan fingerprint density at radius 3 is 2.35 bits per heavy atom. The molecule has 0 saturated heterocycles. The molecule has 2 aromatic rings. The highest BCUT2D eigenvalue weighted by atomic mass is 16.5. The molecule has 1 atom stereocenters. The zero-order chi connectivity index (χ0) is 16.8. The minimum Gasteiger partial charge on any atom is -0.452 e. The Balaban J connectivity index is 2.43. The van der Waals surface area contributed by atoms with Gasteiger partial charge >= 0.3 is 5.97 Å². The predicted molar refractivity (Wildman–Crippen MR) is 89.5 cm³/mol. The minimum atomic E-state index is -0.497. The lowest BCUT2D eigenvalue weighted by Gasteiger charge is -2.21. The van der Waals surface area contributed by atoms with Crippen molar-refractivity contribution >= 4 is 5.97 Å². The molecule has 0 aliphatic heterocycles. The summed E-state index contributed by atoms with van der Waals surface area (Å²) in [5, 5.41) is 9.53. The first-order valence-corrected chi connectivity index (χ1v) is 7.74. The van der Waals surface area contributed by atoms with E-state index in [1.807, 2.05) is 48.5 Å². The maximum atomic E-state index is 12.1. The summed E-state index contributed by atoms with van der Waals surface area (Å²) in [5.74, 6) is -0.464. The van der Waals surface area contributed by atoms with Gasteiger partial charge in [-0.2, -0.15) is 0 Å². The largest absolute Gasteiger partial charge is 0.452 e. The van der Waals surface area contributed by atoms with Crippen molar-refractivity contribution in [2.45, 2.75) is 33.1 Å². The van der Waals surface area contributed by atoms with Gasteiger partial charge in [0, 0.05) is 6.54 Å². The van der Waals surface area contributed by atoms with E-state index >= 15 is 0 Å². The molecule has 0 aromatic heterocycles. The molecule has 23 heavy (non-hydrogen) atoms. The summed E-state index contributed by atoms with van der Waals surface area (Å²) < 4.78 is 5.71. The predicted octanol–water partition coefficient (Wildman–Crippen LogP) is 2.93. The molecule has 0 fully saturated rings. The quantitative estimate of drug-likeness (QED) is 0.804. The van der Waals surface area contributed by atoms with Crippen molar-refractivity contribution in [1.82, 2.24) is 0 Å². The summed E-state index contributed by atoms with van der Waals surface area (Å²) in [4.78, 5) is 12.1. The molecule has 0 heterocycles. The van der Waals surface area contributed by atoms with E-state index in [0.717, 1.165) is 22.3 Å². The lowest BCUT2D eigenvalue weighted by molar-refractivity contribution is -0.151. The third kappa shape index (κ3) is 4.18. The second kappa shape index (κ2) is 7.90. The highest BCUT2D eigenvalue weighted by molar-refractivity contribution is 5.72. The zero-order valence-corrected chi connectivity index (χ0v) is 13.5. The number of aliphatic hydroxyl groups is 1. The fraction of sp³-hybridized carbons (Fsp3) is 0.316. The number of rotatable bonds is 6. The summed E-state index contributed by atoms with van der Waals surface area (Å²) >= 11 is 0. The first kappa shape index (κ1) is 17.2. The van der Waals surface area contributed by atoms with Crippen molar-refractivity contribution in [2.75, 3.05) is 0 Å². The average Bonchev–Trinajstić information content (AvgIpc) is 2.59. The molecular weight excluding hydrogens is 290 g/mol. The van der Waals surface area contributed by atoms with E-state index < -0.39 is 6.10 Å². The van der Waals surface area contributed by atoms with Crippen molar-refractivity contribution in [2.24, 2.45) is 11.7 Å². The van der Waals surface area contributed by atoms with E-state index in [0.29, 0.717) is 6.54 Å². The molecule has 0 spiro atoms. The summed E-state index contributed by atoms with van der Waals surface area (Å²) in [7, 11) is 0. The van der Waals surface area contributed by atoms with Crippen LogP contribution in [0.25, 0.3) is 0 Å². The van der Waals surface area contributed by atoms with Gasteiger partial charge in [0.15, 0.2) is 6.10 Å². The van der Waals surface area contributed by atoms with Crippen LogP contribution >= 0.6 is 0 Å². The maximum Gasteiger partial charge on any atom is 0.309 e. The molecule has 0 saturated carbocycles. The number of carbonyl (C=O) groups is 1. The molecule has 4 heteroatoms. The van der Waals surface area contributed by atoms with Gasteiger partial charge in [-0.05, 0) is 28.3 Å². The van der Waals surface area contributed by atoms with Crippen LogP contribution in [-0.2, 0) is 22.7 Å². The van der Waals surface area contributed by atoms with Gasteiger partial charge in [-0.1, -0.05) is 56.3 Å². The average molecular weight is 313 g/mol. The monoisotopic (exact) mass is 313 g/mol. The molecule has 122 valence electrons. The SMILES string of the molecule is CC(C)C(=O)OC(c1ccccc1)c1ccc(CN)c(CO)c1. The van der Waals surface area contributed by atoms with E-state index in [1.54, 1.807) is 13.8 Å². The first-order valence-electron chi connectivity index (χ1n) is 7.74. The van der Waals surface area contributed by atoms with Gasteiger partial charge in [-0.25, -0.2) is 0 Å². The first-order chi connectivity index (χ1) is 11.1. The fourth-order valence-corrected chi connectivity index (χ4v) is 2.36. The van der Waals surface area contributed by atoms with Crippen molar-refractivity contribution in [1.29, 1.82) is 0 Å². The standard InChI is InChI=1S/C19H23NO3/c1-13(2)19(22)23-18(14-6-4-3-5-7-14)15-8-9-16(11-20)17(10-15)12-21/h3-10,13,18,21H,11-12,20H2,1-2H3. The Hall–Kier alpha value is -2.17. The smallest absolute Gasteiger partial charge is 0.309 e. The second-order valence-corrected chi connectivity index (χ2v) is 5.77. The molecule has 0 radical (unpaired) electrons. The molecule has 3 N–H and O–H groups in total. The molecule has 0 bridgehead atoms. The number of carbonyl (C=O) groups excluding carboxylic acids is 1. The molecule has 2 aromatic carbocycles. The Labute approximate surface area is 136 Å². The molecule has 1 unspecified atom stereocenters. The van der Waals surface area contributed by atoms with Gasteiger partial charge in [0.25, 0.3) is 0 Å². The van der Waals surface area contributed by atoms with Crippen LogP contribution in [0.4, 0.5) is 0 Å².